The molecule has 0 unspecified atom stereocenters. The highest BCUT2D eigenvalue weighted by Crippen LogP contribution is 2.32. The van der Waals surface area contributed by atoms with E-state index >= 15 is 0 Å². The van der Waals surface area contributed by atoms with Gasteiger partial charge in [0.1, 0.15) is 11.8 Å². The van der Waals surface area contributed by atoms with Gasteiger partial charge in [0.2, 0.25) is 0 Å². The van der Waals surface area contributed by atoms with Crippen LogP contribution in [0.25, 0.3) is 22.2 Å². The number of nitriles is 1. The number of benzene rings is 1. The van der Waals surface area contributed by atoms with Crippen molar-refractivity contribution in [2.45, 2.75) is 0 Å². The zero-order valence-electron chi connectivity index (χ0n) is 15.2. The van der Waals surface area contributed by atoms with Crippen LogP contribution in [-0.2, 0) is 0 Å². The Hall–Kier alpha value is -2.59. The lowest BCUT2D eigenvalue weighted by molar-refractivity contribution is 0.313. The van der Waals surface area contributed by atoms with Crippen LogP contribution in [0.15, 0.2) is 35.3 Å². The number of nitrogens with zero attached hydrogens (tertiary/aromatic N) is 4. The van der Waals surface area contributed by atoms with Gasteiger partial charge in [-0.2, -0.15) is 5.26 Å². The molecule has 142 valence electrons. The molecule has 4 rings (SSSR count). The van der Waals surface area contributed by atoms with Crippen molar-refractivity contribution < 1.29 is 0 Å². The molecule has 0 saturated carbocycles. The smallest absolute Gasteiger partial charge is 0.190 e. The Labute approximate surface area is 171 Å². The minimum absolute atomic E-state index is 0.137. The Morgan fingerprint density at radius 3 is 2.57 bits per heavy atom. The molecule has 0 spiro atoms. The molecular weight excluding hydrogens is 397 g/mol. The fraction of sp³-hybridized carbons (Fsp3) is 0.250. The van der Waals surface area contributed by atoms with Crippen molar-refractivity contribution in [1.82, 2.24) is 14.9 Å². The van der Waals surface area contributed by atoms with E-state index in [1.165, 1.54) is 12.3 Å². The van der Waals surface area contributed by atoms with Gasteiger partial charge in [0.15, 0.2) is 5.43 Å². The summed E-state index contributed by atoms with van der Waals surface area (Å²) in [6.45, 7) is 3.62. The van der Waals surface area contributed by atoms with Crippen molar-refractivity contribution in [2.24, 2.45) is 0 Å². The molecule has 1 aromatic carbocycles. The molecule has 28 heavy (non-hydrogen) atoms. The Balaban J connectivity index is 1.82. The quantitative estimate of drug-likeness (QED) is 0.695. The highest BCUT2D eigenvalue weighted by molar-refractivity contribution is 6.34. The summed E-state index contributed by atoms with van der Waals surface area (Å²) in [6, 6.07) is 8.65. The normalized spacial score (nSPS) is 15.0. The van der Waals surface area contributed by atoms with E-state index in [0.717, 1.165) is 31.9 Å². The number of H-pyrrole nitrogens is 1. The van der Waals surface area contributed by atoms with Gasteiger partial charge in [-0.05, 0) is 25.2 Å². The number of nitrogens with one attached hydrogen (secondary N) is 1. The topological polar surface area (TPSA) is 76.0 Å². The van der Waals surface area contributed by atoms with Crippen LogP contribution in [0.5, 0.6) is 0 Å². The van der Waals surface area contributed by atoms with Crippen molar-refractivity contribution in [3.8, 4) is 17.3 Å². The van der Waals surface area contributed by atoms with Crippen LogP contribution in [0, 0.1) is 11.3 Å². The lowest BCUT2D eigenvalue weighted by Gasteiger charge is -2.34. The fourth-order valence-corrected chi connectivity index (χ4v) is 3.89. The molecule has 6 nitrogen and oxygen atoms in total. The molecule has 0 atom stereocenters. The van der Waals surface area contributed by atoms with E-state index in [1.54, 1.807) is 12.1 Å². The number of piperazine rings is 1. The predicted molar refractivity (Wildman–Crippen MR) is 112 cm³/mol. The number of aromatic amines is 1. The zero-order chi connectivity index (χ0) is 19.8. The van der Waals surface area contributed by atoms with Crippen LogP contribution in [0.2, 0.25) is 10.0 Å². The van der Waals surface area contributed by atoms with Gasteiger partial charge in [-0.15, -0.1) is 0 Å². The standard InChI is InChI=1S/C20H17Cl2N5O/c1-26-2-4-27(5-3-26)19-7-14-17(8-15(19)21)25-18(9-20(14)28)13-6-12(10-23)24-11-16(13)22/h6-9,11H,2-5H2,1H3,(H,25,28). The van der Waals surface area contributed by atoms with E-state index in [-0.39, 0.29) is 11.1 Å². The van der Waals surface area contributed by atoms with Gasteiger partial charge in [-0.25, -0.2) is 4.98 Å². The summed E-state index contributed by atoms with van der Waals surface area (Å²) in [6.07, 6.45) is 1.40. The van der Waals surface area contributed by atoms with E-state index in [0.29, 0.717) is 32.2 Å². The Kier molecular flexibility index (Phi) is 4.98. The van der Waals surface area contributed by atoms with Gasteiger partial charge in [-0.1, -0.05) is 23.2 Å². The van der Waals surface area contributed by atoms with Crippen molar-refractivity contribution in [1.29, 1.82) is 5.26 Å². The number of pyridine rings is 2. The summed E-state index contributed by atoms with van der Waals surface area (Å²) in [5.41, 5.74) is 2.65. The molecule has 1 saturated heterocycles. The summed E-state index contributed by atoms with van der Waals surface area (Å²) in [4.78, 5) is 24.4. The van der Waals surface area contributed by atoms with Crippen LogP contribution in [-0.4, -0.2) is 48.1 Å². The number of hydrogen-bond acceptors (Lipinski definition) is 5. The average Bonchev–Trinajstić information content (AvgIpc) is 2.68. The van der Waals surface area contributed by atoms with Gasteiger partial charge < -0.3 is 14.8 Å². The van der Waals surface area contributed by atoms with Crippen LogP contribution in [0.3, 0.4) is 0 Å². The number of likely N-dealkylation sites (N-methyl/N-ethyl adjacent to an activating group) is 1. The van der Waals surface area contributed by atoms with Gasteiger partial charge in [-0.3, -0.25) is 4.79 Å². The minimum atomic E-state index is -0.137. The average molecular weight is 414 g/mol. The highest BCUT2D eigenvalue weighted by atomic mass is 35.5. The second-order valence-electron chi connectivity index (χ2n) is 6.85. The van der Waals surface area contributed by atoms with Gasteiger partial charge in [0.25, 0.3) is 0 Å². The molecule has 8 heteroatoms. The summed E-state index contributed by atoms with van der Waals surface area (Å²) < 4.78 is 0. The third kappa shape index (κ3) is 3.45. The van der Waals surface area contributed by atoms with E-state index in [4.69, 9.17) is 28.5 Å². The number of hydrogen-bond donors (Lipinski definition) is 1. The van der Waals surface area contributed by atoms with E-state index in [9.17, 15) is 4.79 Å². The van der Waals surface area contributed by atoms with Crippen LogP contribution in [0.4, 0.5) is 5.69 Å². The first-order chi connectivity index (χ1) is 13.5. The molecule has 3 aromatic rings. The van der Waals surface area contributed by atoms with Gasteiger partial charge in [0, 0.05) is 49.4 Å². The Morgan fingerprint density at radius 1 is 1.11 bits per heavy atom. The van der Waals surface area contributed by atoms with Crippen molar-refractivity contribution in [3.63, 3.8) is 0 Å². The molecule has 1 aliphatic rings. The molecule has 0 radical (unpaired) electrons. The Bertz CT molecular complexity index is 1160. The fourth-order valence-electron chi connectivity index (χ4n) is 3.40. The summed E-state index contributed by atoms with van der Waals surface area (Å²) in [5, 5.41) is 10.6. The van der Waals surface area contributed by atoms with Gasteiger partial charge in [0.05, 0.1) is 26.9 Å². The van der Waals surface area contributed by atoms with Crippen molar-refractivity contribution in [3.05, 3.63) is 56.4 Å². The van der Waals surface area contributed by atoms with E-state index in [2.05, 4.69) is 26.8 Å². The number of rotatable bonds is 2. The molecule has 1 aliphatic heterocycles. The predicted octanol–water partition coefficient (Wildman–Crippen LogP) is 3.52. The zero-order valence-corrected chi connectivity index (χ0v) is 16.7. The third-order valence-electron chi connectivity index (χ3n) is 5.00. The molecule has 0 amide bonds. The van der Waals surface area contributed by atoms with Crippen LogP contribution >= 0.6 is 23.2 Å². The first kappa shape index (κ1) is 18.8. The van der Waals surface area contributed by atoms with E-state index < -0.39 is 0 Å². The molecule has 3 heterocycles. The van der Waals surface area contributed by atoms with Crippen LogP contribution < -0.4 is 10.3 Å². The number of aromatic nitrogens is 2. The van der Waals surface area contributed by atoms with E-state index in [1.807, 2.05) is 12.1 Å². The molecule has 1 N–H and O–H groups in total. The minimum Gasteiger partial charge on any atom is -0.368 e. The number of anilines is 1. The number of halogens is 2. The second-order valence-corrected chi connectivity index (χ2v) is 7.66. The Morgan fingerprint density at radius 2 is 1.86 bits per heavy atom. The molecule has 0 aliphatic carbocycles. The lowest BCUT2D eigenvalue weighted by atomic mass is 10.1. The first-order valence-corrected chi connectivity index (χ1v) is 9.58. The highest BCUT2D eigenvalue weighted by Gasteiger charge is 2.18. The van der Waals surface area contributed by atoms with Crippen molar-refractivity contribution in [2.75, 3.05) is 38.1 Å². The largest absolute Gasteiger partial charge is 0.368 e. The van der Waals surface area contributed by atoms with Crippen LogP contribution in [0.1, 0.15) is 5.69 Å². The summed E-state index contributed by atoms with van der Waals surface area (Å²) in [5.74, 6) is 0. The third-order valence-corrected chi connectivity index (χ3v) is 5.61. The molecule has 1 fully saturated rings. The summed E-state index contributed by atoms with van der Waals surface area (Å²) in [7, 11) is 2.09. The molecule has 0 bridgehead atoms. The molecular formula is C20H17Cl2N5O. The maximum Gasteiger partial charge on any atom is 0.190 e. The summed E-state index contributed by atoms with van der Waals surface area (Å²) >= 11 is 12.8. The monoisotopic (exact) mass is 413 g/mol. The molecule has 2 aromatic heterocycles. The van der Waals surface area contributed by atoms with Gasteiger partial charge >= 0.3 is 0 Å². The second kappa shape index (κ2) is 7.44. The SMILES string of the molecule is CN1CCN(c2cc3c(=O)cc(-c4cc(C#N)ncc4Cl)[nH]c3cc2Cl)CC1. The first-order valence-electron chi connectivity index (χ1n) is 8.82. The lowest BCUT2D eigenvalue weighted by Crippen LogP contribution is -2.44. The van der Waals surface area contributed by atoms with Crippen molar-refractivity contribution >= 4 is 39.8 Å². The maximum absolute atomic E-state index is 12.8. The number of fused-ring (bicyclic) bond motifs is 1. The maximum atomic E-state index is 12.8.